The molecule has 0 amide bonds. The molecule has 3 N–H and O–H groups in total. The van der Waals surface area contributed by atoms with Crippen LogP contribution in [-0.4, -0.2) is 29.6 Å². The molecule has 0 radical (unpaired) electrons. The maximum Gasteiger partial charge on any atom is 0.142 e. The average Bonchev–Trinajstić information content (AvgIpc) is 3.02. The van der Waals surface area contributed by atoms with Crippen molar-refractivity contribution >= 4 is 11.6 Å². The van der Waals surface area contributed by atoms with Gasteiger partial charge in [0.05, 0.1) is 5.02 Å². The predicted molar refractivity (Wildman–Crippen MR) is 85.7 cm³/mol. The Morgan fingerprint density at radius 1 is 1.43 bits per heavy atom. The van der Waals surface area contributed by atoms with Crippen LogP contribution in [-0.2, 0) is 6.42 Å². The van der Waals surface area contributed by atoms with Gasteiger partial charge in [-0.15, -0.1) is 0 Å². The highest BCUT2D eigenvalue weighted by Gasteiger charge is 2.38. The molecule has 0 aliphatic carbocycles. The number of nitrogens with zero attached hydrogens (tertiary/aromatic N) is 1. The van der Waals surface area contributed by atoms with Crippen molar-refractivity contribution in [1.82, 2.24) is 10.3 Å². The third-order valence-corrected chi connectivity index (χ3v) is 5.23. The van der Waals surface area contributed by atoms with E-state index >= 15 is 0 Å². The van der Waals surface area contributed by atoms with Gasteiger partial charge in [0.1, 0.15) is 5.82 Å². The van der Waals surface area contributed by atoms with Crippen molar-refractivity contribution in [2.75, 3.05) is 13.1 Å². The molecule has 1 aromatic rings. The molecule has 1 aromatic carbocycles. The molecule has 1 aliphatic rings. The molecule has 0 aromatic heterocycles. The fourth-order valence-electron chi connectivity index (χ4n) is 3.28. The van der Waals surface area contributed by atoms with Gasteiger partial charge in [-0.05, 0) is 63.4 Å². The number of benzene rings is 1. The van der Waals surface area contributed by atoms with E-state index in [-0.39, 0.29) is 22.4 Å². The first-order valence-corrected chi connectivity index (χ1v) is 8.04. The second-order valence-electron chi connectivity index (χ2n) is 6.08. The number of nitrogens with two attached hydrogens (primary N) is 1. The Kier molecular flexibility index (Phi) is 5.60. The quantitative estimate of drug-likeness (QED) is 0.626. The Labute approximate surface area is 131 Å². The highest BCUT2D eigenvalue weighted by Crippen LogP contribution is 2.30. The molecule has 0 saturated carbocycles. The Hall–Kier alpha value is -0.680. The van der Waals surface area contributed by atoms with Crippen LogP contribution in [0.3, 0.4) is 0 Å². The standard InChI is InChI=1S/C16H25ClFN3/c1-3-16(2,21-8-4-5-9-21)15(20-19)11-12-6-7-13(17)14(18)10-12/h6-7,10,15,20H,3-5,8-9,11,19H2,1-2H3. The van der Waals surface area contributed by atoms with Gasteiger partial charge in [-0.25, -0.2) is 4.39 Å². The lowest BCUT2D eigenvalue weighted by molar-refractivity contribution is 0.0840. The van der Waals surface area contributed by atoms with Crippen molar-refractivity contribution in [2.24, 2.45) is 5.84 Å². The molecule has 5 heteroatoms. The summed E-state index contributed by atoms with van der Waals surface area (Å²) < 4.78 is 13.6. The van der Waals surface area contributed by atoms with Crippen LogP contribution in [0.25, 0.3) is 0 Å². The van der Waals surface area contributed by atoms with Gasteiger partial charge < -0.3 is 0 Å². The summed E-state index contributed by atoms with van der Waals surface area (Å²) in [6.45, 7) is 6.65. The summed E-state index contributed by atoms with van der Waals surface area (Å²) in [5.41, 5.74) is 3.84. The van der Waals surface area contributed by atoms with Gasteiger partial charge in [0.25, 0.3) is 0 Å². The fourth-order valence-corrected chi connectivity index (χ4v) is 3.40. The van der Waals surface area contributed by atoms with E-state index in [1.54, 1.807) is 6.07 Å². The molecule has 2 atom stereocenters. The van der Waals surface area contributed by atoms with Crippen LogP contribution >= 0.6 is 11.6 Å². The molecule has 1 aliphatic heterocycles. The molecule has 0 spiro atoms. The molecule has 1 saturated heterocycles. The minimum atomic E-state index is -0.371. The molecule has 2 rings (SSSR count). The van der Waals surface area contributed by atoms with Crippen molar-refractivity contribution in [3.8, 4) is 0 Å². The molecule has 21 heavy (non-hydrogen) atoms. The van der Waals surface area contributed by atoms with Crippen LogP contribution in [0.4, 0.5) is 4.39 Å². The van der Waals surface area contributed by atoms with E-state index in [0.29, 0.717) is 6.42 Å². The van der Waals surface area contributed by atoms with E-state index in [2.05, 4.69) is 24.2 Å². The van der Waals surface area contributed by atoms with Crippen molar-refractivity contribution in [2.45, 2.75) is 51.1 Å². The number of nitrogens with one attached hydrogen (secondary N) is 1. The fraction of sp³-hybridized carbons (Fsp3) is 0.625. The van der Waals surface area contributed by atoms with Crippen LogP contribution in [0, 0.1) is 5.82 Å². The molecular weight excluding hydrogens is 289 g/mol. The van der Waals surface area contributed by atoms with Crippen molar-refractivity contribution in [3.63, 3.8) is 0 Å². The van der Waals surface area contributed by atoms with Crippen LogP contribution in [0.15, 0.2) is 18.2 Å². The zero-order valence-electron chi connectivity index (χ0n) is 12.8. The van der Waals surface area contributed by atoms with Crippen molar-refractivity contribution in [1.29, 1.82) is 0 Å². The summed E-state index contributed by atoms with van der Waals surface area (Å²) in [7, 11) is 0. The zero-order chi connectivity index (χ0) is 15.5. The van der Waals surface area contributed by atoms with E-state index in [0.717, 1.165) is 25.1 Å². The smallest absolute Gasteiger partial charge is 0.142 e. The van der Waals surface area contributed by atoms with E-state index in [1.807, 2.05) is 6.07 Å². The highest BCUT2D eigenvalue weighted by molar-refractivity contribution is 6.30. The predicted octanol–water partition coefficient (Wildman–Crippen LogP) is 3.12. The molecule has 118 valence electrons. The molecule has 3 nitrogen and oxygen atoms in total. The van der Waals surface area contributed by atoms with Crippen LogP contribution in [0.1, 0.15) is 38.7 Å². The first-order valence-electron chi connectivity index (χ1n) is 7.66. The summed E-state index contributed by atoms with van der Waals surface area (Å²) in [5, 5.41) is 0.161. The third-order valence-electron chi connectivity index (χ3n) is 4.92. The number of rotatable bonds is 6. The van der Waals surface area contributed by atoms with Crippen LogP contribution in [0.5, 0.6) is 0 Å². The van der Waals surface area contributed by atoms with Crippen LogP contribution < -0.4 is 11.3 Å². The van der Waals surface area contributed by atoms with Gasteiger partial charge >= 0.3 is 0 Å². The average molecular weight is 314 g/mol. The maximum absolute atomic E-state index is 13.6. The SMILES string of the molecule is CCC(C)(C(Cc1ccc(Cl)c(F)c1)NN)N1CCCC1. The Morgan fingerprint density at radius 3 is 2.62 bits per heavy atom. The normalized spacial score (nSPS) is 20.4. The van der Waals surface area contributed by atoms with Crippen molar-refractivity contribution < 1.29 is 4.39 Å². The van der Waals surface area contributed by atoms with Crippen molar-refractivity contribution in [3.05, 3.63) is 34.6 Å². The lowest BCUT2D eigenvalue weighted by Crippen LogP contribution is -2.61. The van der Waals surface area contributed by atoms with E-state index in [1.165, 1.54) is 18.9 Å². The lowest BCUT2D eigenvalue weighted by Gasteiger charge is -2.44. The minimum Gasteiger partial charge on any atom is -0.296 e. The second-order valence-corrected chi connectivity index (χ2v) is 6.48. The molecule has 1 fully saturated rings. The second kappa shape index (κ2) is 7.05. The number of hydrogen-bond acceptors (Lipinski definition) is 3. The monoisotopic (exact) mass is 313 g/mol. The first-order chi connectivity index (χ1) is 10.0. The number of hydrazine groups is 1. The molecule has 2 unspecified atom stereocenters. The van der Waals surface area contributed by atoms with Gasteiger partial charge in [0, 0.05) is 11.6 Å². The topological polar surface area (TPSA) is 41.3 Å². The maximum atomic E-state index is 13.6. The largest absolute Gasteiger partial charge is 0.296 e. The van der Waals surface area contributed by atoms with Crippen LogP contribution in [0.2, 0.25) is 5.02 Å². The summed E-state index contributed by atoms with van der Waals surface area (Å²) >= 11 is 5.75. The highest BCUT2D eigenvalue weighted by atomic mass is 35.5. The van der Waals surface area contributed by atoms with E-state index in [4.69, 9.17) is 17.4 Å². The van der Waals surface area contributed by atoms with E-state index in [9.17, 15) is 4.39 Å². The van der Waals surface area contributed by atoms with Gasteiger partial charge in [0.2, 0.25) is 0 Å². The lowest BCUT2D eigenvalue weighted by atomic mass is 9.84. The van der Waals surface area contributed by atoms with Gasteiger partial charge in [-0.3, -0.25) is 16.2 Å². The number of halogens is 2. The van der Waals surface area contributed by atoms with Gasteiger partial charge in [-0.2, -0.15) is 0 Å². The Bertz CT molecular complexity index is 477. The number of likely N-dealkylation sites (tertiary alicyclic amines) is 1. The summed E-state index contributed by atoms with van der Waals surface area (Å²) in [6.07, 6.45) is 4.16. The van der Waals surface area contributed by atoms with Gasteiger partial charge in [0.15, 0.2) is 0 Å². The summed E-state index contributed by atoms with van der Waals surface area (Å²) in [6, 6.07) is 5.06. The van der Waals surface area contributed by atoms with Gasteiger partial charge in [-0.1, -0.05) is 24.6 Å². The summed E-state index contributed by atoms with van der Waals surface area (Å²) in [4.78, 5) is 2.50. The van der Waals surface area contributed by atoms with E-state index < -0.39 is 0 Å². The summed E-state index contributed by atoms with van der Waals surface area (Å²) in [5.74, 6) is 5.45. The molecular formula is C16H25ClFN3. The third kappa shape index (κ3) is 3.57. The Balaban J connectivity index is 2.18. The number of hydrogen-bond donors (Lipinski definition) is 2. The zero-order valence-corrected chi connectivity index (χ0v) is 13.6. The molecule has 1 heterocycles. The minimum absolute atomic E-state index is 0.0264. The first kappa shape index (κ1) is 16.7. The Morgan fingerprint density at radius 2 is 2.10 bits per heavy atom. The molecule has 0 bridgehead atoms.